The quantitative estimate of drug-likeness (QED) is 0.617. The number of fused-ring (bicyclic) bond motifs is 1. The molecule has 0 saturated carbocycles. The molecular weight excluding hydrogens is 248 g/mol. The predicted molar refractivity (Wildman–Crippen MR) is 72.8 cm³/mol. The first-order valence-electron chi connectivity index (χ1n) is 5.31. The van der Waals surface area contributed by atoms with Crippen LogP contribution < -0.4 is 11.1 Å². The predicted octanol–water partition coefficient (Wildman–Crippen LogP) is 2.46. The lowest BCUT2D eigenvalue weighted by Crippen LogP contribution is -2.10. The fraction of sp³-hybridized carbons (Fsp3) is 0. The lowest BCUT2D eigenvalue weighted by Gasteiger charge is -2.00. The molecule has 0 atom stereocenters. The molecule has 0 fully saturated rings. The summed E-state index contributed by atoms with van der Waals surface area (Å²) in [4.78, 5) is 19.2. The standard InChI is InChI=1S/C12H10N4OS/c13-7-1-2-10-8(5-7)9(6-15-10)11(17)16-12-14-3-4-18-12/h1-6,15H,13H2,(H,14,16,17). The molecule has 5 nitrogen and oxygen atoms in total. The van der Waals surface area contributed by atoms with Crippen molar-refractivity contribution in [1.29, 1.82) is 0 Å². The van der Waals surface area contributed by atoms with E-state index in [4.69, 9.17) is 5.73 Å². The first-order valence-corrected chi connectivity index (χ1v) is 6.19. The molecule has 1 amide bonds. The third-order valence-electron chi connectivity index (χ3n) is 2.60. The van der Waals surface area contributed by atoms with Gasteiger partial charge in [0.2, 0.25) is 0 Å². The number of nitrogens with two attached hydrogens (primary N) is 1. The van der Waals surface area contributed by atoms with Crippen LogP contribution in [-0.4, -0.2) is 15.9 Å². The highest BCUT2D eigenvalue weighted by atomic mass is 32.1. The van der Waals surface area contributed by atoms with Gasteiger partial charge in [-0.15, -0.1) is 11.3 Å². The highest BCUT2D eigenvalue weighted by molar-refractivity contribution is 7.13. The summed E-state index contributed by atoms with van der Waals surface area (Å²) in [5, 5.41) is 5.94. The number of carbonyl (C=O) groups excluding carboxylic acids is 1. The first-order chi connectivity index (χ1) is 8.74. The van der Waals surface area contributed by atoms with Gasteiger partial charge in [-0.1, -0.05) is 0 Å². The number of hydrogen-bond donors (Lipinski definition) is 3. The van der Waals surface area contributed by atoms with Crippen LogP contribution in [0.15, 0.2) is 36.0 Å². The summed E-state index contributed by atoms with van der Waals surface area (Å²) in [6.07, 6.45) is 3.32. The lowest BCUT2D eigenvalue weighted by atomic mass is 10.1. The lowest BCUT2D eigenvalue weighted by molar-refractivity contribution is 0.102. The highest BCUT2D eigenvalue weighted by Gasteiger charge is 2.13. The van der Waals surface area contributed by atoms with Crippen molar-refractivity contribution in [2.45, 2.75) is 0 Å². The summed E-state index contributed by atoms with van der Waals surface area (Å²) in [6.45, 7) is 0. The molecule has 0 radical (unpaired) electrons. The van der Waals surface area contributed by atoms with Gasteiger partial charge in [0.15, 0.2) is 5.13 Å². The van der Waals surface area contributed by atoms with Crippen molar-refractivity contribution < 1.29 is 4.79 Å². The Labute approximate surface area is 107 Å². The van der Waals surface area contributed by atoms with E-state index in [2.05, 4.69) is 15.3 Å². The van der Waals surface area contributed by atoms with Crippen LogP contribution in [0.25, 0.3) is 10.9 Å². The zero-order chi connectivity index (χ0) is 12.5. The van der Waals surface area contributed by atoms with E-state index >= 15 is 0 Å². The van der Waals surface area contributed by atoms with Crippen LogP contribution in [0.3, 0.4) is 0 Å². The minimum Gasteiger partial charge on any atom is -0.399 e. The van der Waals surface area contributed by atoms with Gasteiger partial charge < -0.3 is 10.7 Å². The topological polar surface area (TPSA) is 83.8 Å². The normalized spacial score (nSPS) is 10.7. The minimum absolute atomic E-state index is 0.193. The SMILES string of the molecule is Nc1ccc2[nH]cc(C(=O)Nc3nccs3)c2c1. The molecule has 0 saturated heterocycles. The van der Waals surface area contributed by atoms with Crippen LogP contribution >= 0.6 is 11.3 Å². The summed E-state index contributed by atoms with van der Waals surface area (Å²) in [5.41, 5.74) is 7.81. The number of hydrogen-bond acceptors (Lipinski definition) is 4. The van der Waals surface area contributed by atoms with E-state index in [0.717, 1.165) is 10.9 Å². The molecule has 0 aliphatic carbocycles. The number of amides is 1. The number of rotatable bonds is 2. The first kappa shape index (κ1) is 10.8. The Balaban J connectivity index is 1.98. The molecule has 3 aromatic rings. The average Bonchev–Trinajstić information content (AvgIpc) is 2.97. The number of nitrogens with zero attached hydrogens (tertiary/aromatic N) is 1. The van der Waals surface area contributed by atoms with Crippen molar-refractivity contribution in [3.05, 3.63) is 41.5 Å². The molecule has 0 bridgehead atoms. The van der Waals surface area contributed by atoms with Gasteiger partial charge in [-0.25, -0.2) is 4.98 Å². The second kappa shape index (κ2) is 4.15. The van der Waals surface area contributed by atoms with E-state index in [1.54, 1.807) is 24.5 Å². The van der Waals surface area contributed by atoms with E-state index in [1.807, 2.05) is 11.4 Å². The molecule has 6 heteroatoms. The summed E-state index contributed by atoms with van der Waals surface area (Å²) in [7, 11) is 0. The molecule has 2 aromatic heterocycles. The number of carbonyl (C=O) groups is 1. The number of H-pyrrole nitrogens is 1. The number of benzene rings is 1. The monoisotopic (exact) mass is 258 g/mol. The molecule has 0 unspecified atom stereocenters. The maximum atomic E-state index is 12.1. The van der Waals surface area contributed by atoms with Crippen LogP contribution in [0.5, 0.6) is 0 Å². The second-order valence-corrected chi connectivity index (χ2v) is 4.69. The van der Waals surface area contributed by atoms with E-state index in [9.17, 15) is 4.79 Å². The Bertz CT molecular complexity index is 702. The molecule has 3 rings (SSSR count). The number of aromatic amines is 1. The van der Waals surface area contributed by atoms with Crippen LogP contribution in [0, 0.1) is 0 Å². The van der Waals surface area contributed by atoms with Crippen LogP contribution in [0.1, 0.15) is 10.4 Å². The molecule has 4 N–H and O–H groups in total. The van der Waals surface area contributed by atoms with E-state index in [1.165, 1.54) is 11.3 Å². The minimum atomic E-state index is -0.193. The molecular formula is C12H10N4OS. The Morgan fingerprint density at radius 2 is 2.33 bits per heavy atom. The maximum Gasteiger partial charge on any atom is 0.259 e. The van der Waals surface area contributed by atoms with Gasteiger partial charge in [-0.05, 0) is 18.2 Å². The Morgan fingerprint density at radius 3 is 3.11 bits per heavy atom. The van der Waals surface area contributed by atoms with Crippen LogP contribution in [0.4, 0.5) is 10.8 Å². The molecule has 0 aliphatic rings. The van der Waals surface area contributed by atoms with Crippen molar-refractivity contribution in [2.75, 3.05) is 11.1 Å². The fourth-order valence-electron chi connectivity index (χ4n) is 1.78. The van der Waals surface area contributed by atoms with Crippen molar-refractivity contribution in [3.63, 3.8) is 0 Å². The van der Waals surface area contributed by atoms with E-state index < -0.39 is 0 Å². The van der Waals surface area contributed by atoms with Gasteiger partial charge in [0.25, 0.3) is 5.91 Å². The number of anilines is 2. The second-order valence-electron chi connectivity index (χ2n) is 3.80. The number of aromatic nitrogens is 2. The number of nitrogen functional groups attached to an aromatic ring is 1. The van der Waals surface area contributed by atoms with Gasteiger partial charge in [-0.2, -0.15) is 0 Å². The molecule has 1 aromatic carbocycles. The van der Waals surface area contributed by atoms with E-state index in [0.29, 0.717) is 16.4 Å². The average molecular weight is 258 g/mol. The zero-order valence-corrected chi connectivity index (χ0v) is 10.1. The fourth-order valence-corrected chi connectivity index (χ4v) is 2.30. The summed E-state index contributed by atoms with van der Waals surface area (Å²) < 4.78 is 0. The Hall–Kier alpha value is -2.34. The molecule has 0 spiro atoms. The largest absolute Gasteiger partial charge is 0.399 e. The zero-order valence-electron chi connectivity index (χ0n) is 9.31. The van der Waals surface area contributed by atoms with Gasteiger partial charge >= 0.3 is 0 Å². The third-order valence-corrected chi connectivity index (χ3v) is 3.29. The highest BCUT2D eigenvalue weighted by Crippen LogP contribution is 2.22. The summed E-state index contributed by atoms with van der Waals surface area (Å²) in [6, 6.07) is 5.43. The van der Waals surface area contributed by atoms with Crippen molar-refractivity contribution in [1.82, 2.24) is 9.97 Å². The summed E-state index contributed by atoms with van der Waals surface area (Å²) in [5.74, 6) is -0.193. The van der Waals surface area contributed by atoms with Gasteiger partial charge in [0, 0.05) is 34.4 Å². The van der Waals surface area contributed by atoms with Crippen LogP contribution in [-0.2, 0) is 0 Å². The Morgan fingerprint density at radius 1 is 1.44 bits per heavy atom. The maximum absolute atomic E-state index is 12.1. The Kier molecular flexibility index (Phi) is 2.49. The number of nitrogens with one attached hydrogen (secondary N) is 2. The third kappa shape index (κ3) is 1.82. The molecule has 2 heterocycles. The van der Waals surface area contributed by atoms with Gasteiger partial charge in [0.1, 0.15) is 0 Å². The van der Waals surface area contributed by atoms with Crippen molar-refractivity contribution >= 4 is 39.0 Å². The summed E-state index contributed by atoms with van der Waals surface area (Å²) >= 11 is 1.38. The molecule has 90 valence electrons. The van der Waals surface area contributed by atoms with Gasteiger partial charge in [0.05, 0.1) is 5.56 Å². The number of thiazole rings is 1. The smallest absolute Gasteiger partial charge is 0.259 e. The van der Waals surface area contributed by atoms with E-state index in [-0.39, 0.29) is 5.91 Å². The van der Waals surface area contributed by atoms with Gasteiger partial charge in [-0.3, -0.25) is 10.1 Å². The van der Waals surface area contributed by atoms with Crippen molar-refractivity contribution in [2.24, 2.45) is 0 Å². The molecule has 0 aliphatic heterocycles. The van der Waals surface area contributed by atoms with Crippen molar-refractivity contribution in [3.8, 4) is 0 Å². The van der Waals surface area contributed by atoms with Crippen LogP contribution in [0.2, 0.25) is 0 Å². The molecule has 18 heavy (non-hydrogen) atoms.